The zero-order chi connectivity index (χ0) is 13.9. The molecule has 4 heteroatoms. The number of nitrogens with one attached hydrogen (secondary N) is 1. The molecule has 4 fully saturated rings. The first-order valence-electron chi connectivity index (χ1n) is 7.61. The molecule has 1 heterocycles. The predicted octanol–water partition coefficient (Wildman–Crippen LogP) is 4.52. The zero-order valence-electron chi connectivity index (χ0n) is 11.7. The van der Waals surface area contributed by atoms with Crippen LogP contribution in [0.25, 0.3) is 0 Å². The average molecular weight is 354 g/mol. The van der Waals surface area contributed by atoms with Crippen molar-refractivity contribution in [1.29, 1.82) is 0 Å². The molecule has 5 rings (SSSR count). The van der Waals surface area contributed by atoms with Gasteiger partial charge >= 0.3 is 0 Å². The van der Waals surface area contributed by atoms with Crippen molar-refractivity contribution in [3.05, 3.63) is 20.3 Å². The van der Waals surface area contributed by atoms with Crippen LogP contribution in [-0.4, -0.2) is 11.4 Å². The summed E-state index contributed by atoms with van der Waals surface area (Å²) in [5.74, 6) is 2.76. The van der Waals surface area contributed by atoms with E-state index in [1.165, 1.54) is 38.5 Å². The van der Waals surface area contributed by atoms with E-state index < -0.39 is 0 Å². The highest BCUT2D eigenvalue weighted by Gasteiger charge is 2.51. The number of carbonyl (C=O) groups is 1. The van der Waals surface area contributed by atoms with Crippen molar-refractivity contribution in [1.82, 2.24) is 5.32 Å². The van der Waals surface area contributed by atoms with Crippen LogP contribution in [0, 0.1) is 24.7 Å². The van der Waals surface area contributed by atoms with Gasteiger partial charge < -0.3 is 5.32 Å². The number of hydrogen-bond donors (Lipinski definition) is 1. The van der Waals surface area contributed by atoms with Crippen LogP contribution in [0.4, 0.5) is 0 Å². The van der Waals surface area contributed by atoms with E-state index in [4.69, 9.17) is 0 Å². The van der Waals surface area contributed by atoms with E-state index in [1.54, 1.807) is 11.3 Å². The third kappa shape index (κ3) is 2.16. The Labute approximate surface area is 132 Å². The molecule has 1 amide bonds. The first kappa shape index (κ1) is 13.3. The molecule has 108 valence electrons. The SMILES string of the molecule is Cc1cc(C(=O)NC23CC4CC(CC(C4)C2)C3)sc1Br. The lowest BCUT2D eigenvalue weighted by molar-refractivity contribution is -0.0166. The van der Waals surface area contributed by atoms with Crippen LogP contribution in [0.3, 0.4) is 0 Å². The van der Waals surface area contributed by atoms with Crippen LogP contribution in [0.15, 0.2) is 9.85 Å². The molecule has 20 heavy (non-hydrogen) atoms. The van der Waals surface area contributed by atoms with Crippen LogP contribution < -0.4 is 5.32 Å². The van der Waals surface area contributed by atoms with Crippen molar-refractivity contribution < 1.29 is 4.79 Å². The van der Waals surface area contributed by atoms with E-state index in [-0.39, 0.29) is 11.4 Å². The van der Waals surface area contributed by atoms with Gasteiger partial charge in [-0.1, -0.05) is 0 Å². The summed E-state index contributed by atoms with van der Waals surface area (Å²) < 4.78 is 1.08. The number of halogens is 1. The lowest BCUT2D eigenvalue weighted by Crippen LogP contribution is -2.59. The third-order valence-electron chi connectivity index (χ3n) is 5.50. The van der Waals surface area contributed by atoms with Gasteiger partial charge in [-0.2, -0.15) is 0 Å². The number of amides is 1. The van der Waals surface area contributed by atoms with Crippen LogP contribution in [0.5, 0.6) is 0 Å². The van der Waals surface area contributed by atoms with Crippen LogP contribution in [0.2, 0.25) is 0 Å². The van der Waals surface area contributed by atoms with Gasteiger partial charge in [-0.15, -0.1) is 11.3 Å². The van der Waals surface area contributed by atoms with Crippen molar-refractivity contribution in [2.75, 3.05) is 0 Å². The first-order chi connectivity index (χ1) is 9.53. The molecule has 4 aliphatic carbocycles. The van der Waals surface area contributed by atoms with E-state index >= 15 is 0 Å². The Hall–Kier alpha value is -0.350. The molecule has 4 bridgehead atoms. The summed E-state index contributed by atoms with van der Waals surface area (Å²) in [4.78, 5) is 13.4. The molecule has 0 saturated heterocycles. The quantitative estimate of drug-likeness (QED) is 0.831. The molecular weight excluding hydrogens is 334 g/mol. The molecule has 1 N–H and O–H groups in total. The van der Waals surface area contributed by atoms with E-state index in [0.717, 1.165) is 32.0 Å². The number of rotatable bonds is 2. The summed E-state index contributed by atoms with van der Waals surface area (Å²) in [5, 5.41) is 3.43. The lowest BCUT2D eigenvalue weighted by atomic mass is 9.53. The minimum atomic E-state index is 0.121. The van der Waals surface area contributed by atoms with Crippen molar-refractivity contribution >= 4 is 33.2 Å². The van der Waals surface area contributed by atoms with Gasteiger partial charge in [-0.05, 0) is 90.8 Å². The molecule has 0 aromatic carbocycles. The van der Waals surface area contributed by atoms with Crippen molar-refractivity contribution in [2.24, 2.45) is 17.8 Å². The van der Waals surface area contributed by atoms with Gasteiger partial charge in [-0.3, -0.25) is 4.79 Å². The minimum absolute atomic E-state index is 0.121. The summed E-state index contributed by atoms with van der Waals surface area (Å²) in [6, 6.07) is 2.00. The predicted molar refractivity (Wildman–Crippen MR) is 85.1 cm³/mol. The lowest BCUT2D eigenvalue weighted by Gasteiger charge is -2.56. The standard InChI is InChI=1S/C16H20BrNOS/c1-9-2-13(20-14(9)17)15(19)18-16-6-10-3-11(7-16)5-12(4-10)8-16/h2,10-12H,3-8H2,1H3,(H,18,19). The number of aryl methyl sites for hydroxylation is 1. The highest BCUT2D eigenvalue weighted by Crippen LogP contribution is 2.55. The molecular formula is C16H20BrNOS. The van der Waals surface area contributed by atoms with Gasteiger partial charge in [0.05, 0.1) is 8.66 Å². The molecule has 1 aromatic heterocycles. The smallest absolute Gasteiger partial charge is 0.261 e. The average Bonchev–Trinajstić information content (AvgIpc) is 2.67. The van der Waals surface area contributed by atoms with Crippen LogP contribution in [0.1, 0.15) is 53.8 Å². The van der Waals surface area contributed by atoms with Gasteiger partial charge in [0.1, 0.15) is 0 Å². The van der Waals surface area contributed by atoms with Crippen molar-refractivity contribution in [2.45, 2.75) is 51.0 Å². The number of carbonyl (C=O) groups excluding carboxylic acids is 1. The van der Waals surface area contributed by atoms with E-state index in [0.29, 0.717) is 0 Å². The molecule has 0 unspecified atom stereocenters. The fraction of sp³-hybridized carbons (Fsp3) is 0.688. The minimum Gasteiger partial charge on any atom is -0.346 e. The second-order valence-electron chi connectivity index (χ2n) is 7.22. The summed E-state index contributed by atoms with van der Waals surface area (Å²) in [6.07, 6.45) is 7.90. The second-order valence-corrected chi connectivity index (χ2v) is 9.59. The van der Waals surface area contributed by atoms with Crippen molar-refractivity contribution in [3.8, 4) is 0 Å². The molecule has 0 aliphatic heterocycles. The Morgan fingerprint density at radius 1 is 1.25 bits per heavy atom. The molecule has 4 saturated carbocycles. The summed E-state index contributed by atoms with van der Waals surface area (Å²) in [6.45, 7) is 2.04. The van der Waals surface area contributed by atoms with Crippen LogP contribution >= 0.6 is 27.3 Å². The van der Waals surface area contributed by atoms with Gasteiger partial charge in [0.15, 0.2) is 0 Å². The molecule has 0 atom stereocenters. The Morgan fingerprint density at radius 3 is 2.25 bits per heavy atom. The first-order valence-corrected chi connectivity index (χ1v) is 9.22. The molecule has 2 nitrogen and oxygen atoms in total. The second kappa shape index (κ2) is 4.57. The van der Waals surface area contributed by atoms with E-state index in [9.17, 15) is 4.79 Å². The summed E-state index contributed by atoms with van der Waals surface area (Å²) >= 11 is 5.07. The fourth-order valence-corrected chi connectivity index (χ4v) is 6.57. The van der Waals surface area contributed by atoms with Gasteiger partial charge in [0.2, 0.25) is 0 Å². The third-order valence-corrected chi connectivity index (χ3v) is 7.63. The Balaban J connectivity index is 1.55. The van der Waals surface area contributed by atoms with Gasteiger partial charge in [0, 0.05) is 5.54 Å². The summed E-state index contributed by atoms with van der Waals surface area (Å²) in [5.41, 5.74) is 1.28. The highest BCUT2D eigenvalue weighted by atomic mass is 79.9. The van der Waals surface area contributed by atoms with E-state index in [2.05, 4.69) is 21.2 Å². The number of hydrogen-bond acceptors (Lipinski definition) is 2. The maximum atomic E-state index is 12.6. The maximum absolute atomic E-state index is 12.6. The molecule has 0 radical (unpaired) electrons. The zero-order valence-corrected chi connectivity index (χ0v) is 14.1. The highest BCUT2D eigenvalue weighted by molar-refractivity contribution is 9.11. The Morgan fingerprint density at radius 2 is 1.80 bits per heavy atom. The molecule has 0 spiro atoms. The molecule has 1 aromatic rings. The van der Waals surface area contributed by atoms with Crippen LogP contribution in [-0.2, 0) is 0 Å². The summed E-state index contributed by atoms with van der Waals surface area (Å²) in [7, 11) is 0. The van der Waals surface area contributed by atoms with Crippen molar-refractivity contribution in [3.63, 3.8) is 0 Å². The number of thiophene rings is 1. The van der Waals surface area contributed by atoms with Gasteiger partial charge in [-0.25, -0.2) is 0 Å². The maximum Gasteiger partial charge on any atom is 0.261 e. The van der Waals surface area contributed by atoms with Gasteiger partial charge in [0.25, 0.3) is 5.91 Å². The topological polar surface area (TPSA) is 29.1 Å². The Bertz CT molecular complexity index is 510. The fourth-order valence-electron chi connectivity index (χ4n) is 5.14. The van der Waals surface area contributed by atoms with E-state index in [1.807, 2.05) is 13.0 Å². The Kier molecular flexibility index (Phi) is 3.05. The monoisotopic (exact) mass is 353 g/mol. The largest absolute Gasteiger partial charge is 0.346 e. The normalized spacial score (nSPS) is 38.2. The molecule has 4 aliphatic rings.